The Bertz CT molecular complexity index is 668. The van der Waals surface area contributed by atoms with Crippen molar-refractivity contribution in [2.24, 2.45) is 4.99 Å². The number of benzene rings is 1. The molecule has 174 valence electrons. The Labute approximate surface area is 187 Å². The second kappa shape index (κ2) is 13.7. The Morgan fingerprint density at radius 1 is 1.16 bits per heavy atom. The molecule has 0 saturated carbocycles. The molecule has 0 bridgehead atoms. The van der Waals surface area contributed by atoms with Gasteiger partial charge in [-0.1, -0.05) is 26.0 Å². The number of likely N-dealkylation sites (tertiary alicyclic amines) is 1. The van der Waals surface area contributed by atoms with Crippen molar-refractivity contribution in [3.05, 3.63) is 29.8 Å². The lowest BCUT2D eigenvalue weighted by Gasteiger charge is -2.32. The number of guanidine groups is 1. The van der Waals surface area contributed by atoms with Crippen molar-refractivity contribution in [2.45, 2.75) is 46.2 Å². The average Bonchev–Trinajstić information content (AvgIpc) is 2.81. The molecule has 0 aromatic heterocycles. The molecule has 8 nitrogen and oxygen atoms in total. The number of carbonyl (C=O) groups excluding carboxylic acids is 1. The first-order valence-electron chi connectivity index (χ1n) is 11.4. The predicted molar refractivity (Wildman–Crippen MR) is 125 cm³/mol. The van der Waals surface area contributed by atoms with Crippen LogP contribution in [0.15, 0.2) is 29.3 Å². The third kappa shape index (κ3) is 8.65. The Kier molecular flexibility index (Phi) is 11.0. The highest BCUT2D eigenvalue weighted by atomic mass is 16.6. The zero-order valence-corrected chi connectivity index (χ0v) is 19.5. The lowest BCUT2D eigenvalue weighted by molar-refractivity contribution is 0.0963. The monoisotopic (exact) mass is 433 g/mol. The molecule has 1 amide bonds. The zero-order chi connectivity index (χ0) is 22.5. The number of rotatable bonds is 10. The fourth-order valence-corrected chi connectivity index (χ4v) is 3.53. The minimum atomic E-state index is -0.219. The Balaban J connectivity index is 1.71. The molecule has 1 aromatic rings. The van der Waals surface area contributed by atoms with E-state index >= 15 is 0 Å². The van der Waals surface area contributed by atoms with Crippen LogP contribution in [-0.4, -0.2) is 80.9 Å². The van der Waals surface area contributed by atoms with E-state index in [0.717, 1.165) is 49.7 Å². The van der Waals surface area contributed by atoms with Gasteiger partial charge in [0.25, 0.3) is 0 Å². The summed E-state index contributed by atoms with van der Waals surface area (Å²) in [5.41, 5.74) is 1.16. The van der Waals surface area contributed by atoms with Gasteiger partial charge >= 0.3 is 6.09 Å². The van der Waals surface area contributed by atoms with Crippen molar-refractivity contribution < 1.29 is 14.3 Å². The summed E-state index contributed by atoms with van der Waals surface area (Å²) in [6.07, 6.45) is 1.53. The van der Waals surface area contributed by atoms with Crippen LogP contribution in [0.3, 0.4) is 0 Å². The Morgan fingerprint density at radius 3 is 2.42 bits per heavy atom. The van der Waals surface area contributed by atoms with E-state index in [1.807, 2.05) is 19.1 Å². The fraction of sp³-hybridized carbons (Fsp3) is 0.652. The molecule has 1 heterocycles. The highest BCUT2D eigenvalue weighted by Gasteiger charge is 2.24. The summed E-state index contributed by atoms with van der Waals surface area (Å²) in [6, 6.07) is 8.47. The molecule has 2 rings (SSSR count). The standard InChI is InChI=1S/C23H39N5O3/c1-5-27(6-2)16-17-31-21-10-8-19(9-11-21)18-25-22(24-4)26-20-12-14-28(15-13-20)23(29)30-7-3/h8-11,20H,5-7,12-18H2,1-4H3,(H2,24,25,26). The van der Waals surface area contributed by atoms with E-state index < -0.39 is 0 Å². The van der Waals surface area contributed by atoms with Crippen LogP contribution in [-0.2, 0) is 11.3 Å². The second-order valence-electron chi connectivity index (χ2n) is 7.55. The van der Waals surface area contributed by atoms with Gasteiger partial charge < -0.3 is 29.9 Å². The quantitative estimate of drug-likeness (QED) is 0.436. The highest BCUT2D eigenvalue weighted by Crippen LogP contribution is 2.13. The van der Waals surface area contributed by atoms with Crippen LogP contribution in [0.4, 0.5) is 4.79 Å². The molecule has 1 aromatic carbocycles. The average molecular weight is 434 g/mol. The number of nitrogens with one attached hydrogen (secondary N) is 2. The molecule has 0 spiro atoms. The van der Waals surface area contributed by atoms with Crippen LogP contribution in [0.25, 0.3) is 0 Å². The molecule has 0 atom stereocenters. The Hall–Kier alpha value is -2.48. The first kappa shape index (κ1) is 24.8. The summed E-state index contributed by atoms with van der Waals surface area (Å²) in [7, 11) is 1.77. The maximum absolute atomic E-state index is 11.8. The topological polar surface area (TPSA) is 78.4 Å². The van der Waals surface area contributed by atoms with Gasteiger partial charge in [-0.3, -0.25) is 4.99 Å². The molecule has 0 radical (unpaired) electrons. The van der Waals surface area contributed by atoms with Gasteiger partial charge in [-0.25, -0.2) is 4.79 Å². The summed E-state index contributed by atoms with van der Waals surface area (Å²) >= 11 is 0. The van der Waals surface area contributed by atoms with Gasteiger partial charge in [-0.15, -0.1) is 0 Å². The van der Waals surface area contributed by atoms with E-state index in [0.29, 0.717) is 38.9 Å². The first-order valence-corrected chi connectivity index (χ1v) is 11.4. The zero-order valence-electron chi connectivity index (χ0n) is 19.5. The van der Waals surface area contributed by atoms with E-state index in [1.165, 1.54) is 0 Å². The van der Waals surface area contributed by atoms with E-state index in [-0.39, 0.29) is 6.09 Å². The maximum Gasteiger partial charge on any atom is 0.409 e. The van der Waals surface area contributed by atoms with Gasteiger partial charge in [0.05, 0.1) is 6.61 Å². The minimum absolute atomic E-state index is 0.219. The van der Waals surface area contributed by atoms with Crippen molar-refractivity contribution in [1.82, 2.24) is 20.4 Å². The lowest BCUT2D eigenvalue weighted by Crippen LogP contribution is -2.49. The summed E-state index contributed by atoms with van der Waals surface area (Å²) < 4.78 is 10.9. The van der Waals surface area contributed by atoms with E-state index in [4.69, 9.17) is 9.47 Å². The molecule has 2 N–H and O–H groups in total. The molecule has 31 heavy (non-hydrogen) atoms. The van der Waals surface area contributed by atoms with Crippen LogP contribution in [0, 0.1) is 0 Å². The lowest BCUT2D eigenvalue weighted by atomic mass is 10.1. The Morgan fingerprint density at radius 2 is 1.84 bits per heavy atom. The van der Waals surface area contributed by atoms with Crippen molar-refractivity contribution >= 4 is 12.1 Å². The van der Waals surface area contributed by atoms with Gasteiger partial charge in [0.15, 0.2) is 5.96 Å². The van der Waals surface area contributed by atoms with Crippen LogP contribution >= 0.6 is 0 Å². The minimum Gasteiger partial charge on any atom is -0.492 e. The first-order chi connectivity index (χ1) is 15.1. The molecule has 1 fully saturated rings. The normalized spacial score (nSPS) is 15.1. The molecule has 8 heteroatoms. The van der Waals surface area contributed by atoms with Crippen molar-refractivity contribution in [3.63, 3.8) is 0 Å². The summed E-state index contributed by atoms with van der Waals surface area (Å²) in [6.45, 7) is 12.4. The van der Waals surface area contributed by atoms with Gasteiger partial charge in [0.2, 0.25) is 0 Å². The number of hydrogen-bond donors (Lipinski definition) is 2. The van der Waals surface area contributed by atoms with Gasteiger partial charge in [0, 0.05) is 39.3 Å². The molecule has 1 saturated heterocycles. The molecule has 1 aliphatic rings. The van der Waals surface area contributed by atoms with Crippen molar-refractivity contribution in [3.8, 4) is 5.75 Å². The van der Waals surface area contributed by atoms with Crippen LogP contribution in [0.2, 0.25) is 0 Å². The van der Waals surface area contributed by atoms with E-state index in [2.05, 4.69) is 46.5 Å². The van der Waals surface area contributed by atoms with Gasteiger partial charge in [-0.2, -0.15) is 0 Å². The van der Waals surface area contributed by atoms with Crippen LogP contribution in [0.1, 0.15) is 39.2 Å². The maximum atomic E-state index is 11.8. The molecular weight excluding hydrogens is 394 g/mol. The summed E-state index contributed by atoms with van der Waals surface area (Å²) in [5, 5.41) is 6.83. The molecule has 0 aliphatic carbocycles. The van der Waals surface area contributed by atoms with Gasteiger partial charge in [0.1, 0.15) is 12.4 Å². The fourth-order valence-electron chi connectivity index (χ4n) is 3.53. The number of carbonyl (C=O) groups is 1. The number of hydrogen-bond acceptors (Lipinski definition) is 5. The SMILES string of the molecule is CCOC(=O)N1CCC(NC(=NC)NCc2ccc(OCCN(CC)CC)cc2)CC1. The molecular formula is C23H39N5O3. The van der Waals surface area contributed by atoms with Crippen LogP contribution in [0.5, 0.6) is 5.75 Å². The van der Waals surface area contributed by atoms with E-state index in [9.17, 15) is 4.79 Å². The number of amides is 1. The van der Waals surface area contributed by atoms with Crippen LogP contribution < -0.4 is 15.4 Å². The summed E-state index contributed by atoms with van der Waals surface area (Å²) in [5.74, 6) is 1.67. The third-order valence-corrected chi connectivity index (χ3v) is 5.54. The highest BCUT2D eigenvalue weighted by molar-refractivity contribution is 5.80. The largest absolute Gasteiger partial charge is 0.492 e. The van der Waals surface area contributed by atoms with Crippen molar-refractivity contribution in [1.29, 1.82) is 0 Å². The number of likely N-dealkylation sites (N-methyl/N-ethyl adjacent to an activating group) is 1. The number of aliphatic imine (C=N–C) groups is 1. The number of ether oxygens (including phenoxy) is 2. The smallest absolute Gasteiger partial charge is 0.409 e. The van der Waals surface area contributed by atoms with Gasteiger partial charge in [-0.05, 0) is 50.6 Å². The van der Waals surface area contributed by atoms with Crippen molar-refractivity contribution in [2.75, 3.05) is 53.0 Å². The van der Waals surface area contributed by atoms with E-state index in [1.54, 1.807) is 11.9 Å². The molecule has 1 aliphatic heterocycles. The second-order valence-corrected chi connectivity index (χ2v) is 7.55. The number of nitrogens with zero attached hydrogens (tertiary/aromatic N) is 3. The molecule has 0 unspecified atom stereocenters. The third-order valence-electron chi connectivity index (χ3n) is 5.54. The predicted octanol–water partition coefficient (Wildman–Crippen LogP) is 2.69. The number of piperidine rings is 1. The summed E-state index contributed by atoms with van der Waals surface area (Å²) in [4.78, 5) is 20.3.